The van der Waals surface area contributed by atoms with Crippen molar-refractivity contribution in [1.82, 2.24) is 0 Å². The fourth-order valence-corrected chi connectivity index (χ4v) is 3.40. The van der Waals surface area contributed by atoms with Gasteiger partial charge in [0, 0.05) is 18.1 Å². The molecule has 0 aromatic heterocycles. The van der Waals surface area contributed by atoms with Gasteiger partial charge in [-0.1, -0.05) is 30.0 Å². The molecule has 1 amide bonds. The number of aliphatic carboxylic acids is 1. The number of para-hydroxylation sites is 1. The molecule has 1 aromatic rings. The zero-order chi connectivity index (χ0) is 19.8. The second-order valence-corrected chi connectivity index (χ2v) is 6.88. The fourth-order valence-electron chi connectivity index (χ4n) is 2.33. The first-order valence-electron chi connectivity index (χ1n) is 8.44. The number of benzene rings is 1. The number of rotatable bonds is 8. The summed E-state index contributed by atoms with van der Waals surface area (Å²) < 4.78 is 4.86. The zero-order valence-corrected chi connectivity index (χ0v) is 15.9. The molecule has 0 aliphatic carbocycles. The number of ether oxygens (including phenoxy) is 1. The number of amidine groups is 1. The molecule has 1 aliphatic heterocycles. The molecule has 1 heterocycles. The summed E-state index contributed by atoms with van der Waals surface area (Å²) in [5, 5.41) is 18.6. The maximum Gasteiger partial charge on any atom is 0.306 e. The highest BCUT2D eigenvalue weighted by Crippen LogP contribution is 2.33. The minimum atomic E-state index is -1.30. The molecule has 1 aliphatic rings. The lowest BCUT2D eigenvalue weighted by Gasteiger charge is -2.15. The van der Waals surface area contributed by atoms with Gasteiger partial charge in [-0.2, -0.15) is 5.10 Å². The van der Waals surface area contributed by atoms with Gasteiger partial charge in [0.25, 0.3) is 0 Å². The predicted octanol–water partition coefficient (Wildman–Crippen LogP) is 1.35. The van der Waals surface area contributed by atoms with E-state index in [0.29, 0.717) is 24.4 Å². The molecule has 27 heavy (non-hydrogen) atoms. The lowest BCUT2D eigenvalue weighted by atomic mass is 10.2. The van der Waals surface area contributed by atoms with Crippen LogP contribution in [0.4, 0.5) is 5.69 Å². The van der Waals surface area contributed by atoms with Gasteiger partial charge in [0.2, 0.25) is 5.91 Å². The van der Waals surface area contributed by atoms with Crippen LogP contribution in [0.3, 0.4) is 0 Å². The molecule has 0 N–H and O–H groups in total. The molecule has 0 saturated carbocycles. The van der Waals surface area contributed by atoms with Crippen LogP contribution in [-0.4, -0.2) is 40.6 Å². The van der Waals surface area contributed by atoms with Gasteiger partial charge < -0.3 is 14.6 Å². The molecule has 144 valence electrons. The Morgan fingerprint density at radius 3 is 2.59 bits per heavy atom. The molecular formula is C18H20N3O5S-. The molecule has 0 unspecified atom stereocenters. The van der Waals surface area contributed by atoms with Crippen molar-refractivity contribution in [3.8, 4) is 0 Å². The van der Waals surface area contributed by atoms with Gasteiger partial charge in [-0.25, -0.2) is 0 Å². The number of thioether (sulfide) groups is 1. The number of amides is 1. The second-order valence-electron chi connectivity index (χ2n) is 5.71. The van der Waals surface area contributed by atoms with E-state index < -0.39 is 17.6 Å². The molecule has 2 rings (SSSR count). The number of carbonyl (C=O) groups excluding carboxylic acids is 3. The van der Waals surface area contributed by atoms with Crippen molar-refractivity contribution >= 4 is 46.2 Å². The van der Waals surface area contributed by atoms with Crippen LogP contribution in [0.5, 0.6) is 0 Å². The maximum absolute atomic E-state index is 12.6. The number of esters is 1. The lowest BCUT2D eigenvalue weighted by Crippen LogP contribution is -2.35. The monoisotopic (exact) mass is 390 g/mol. The Balaban J connectivity index is 2.18. The zero-order valence-electron chi connectivity index (χ0n) is 15.1. The van der Waals surface area contributed by atoms with E-state index in [0.717, 1.165) is 11.8 Å². The number of hydrogen-bond donors (Lipinski definition) is 0. The highest BCUT2D eigenvalue weighted by atomic mass is 32.2. The SMILES string of the molecule is CCOC(=O)CC/C(C)=N/N=C1\S[C@H](CC(=O)[O-])C(=O)N1c1ccccc1. The van der Waals surface area contributed by atoms with E-state index >= 15 is 0 Å². The normalized spacial score (nSPS) is 18.8. The molecule has 0 spiro atoms. The summed E-state index contributed by atoms with van der Waals surface area (Å²) in [5.41, 5.74) is 1.17. The van der Waals surface area contributed by atoms with Gasteiger partial charge in [0.05, 0.1) is 24.0 Å². The standard InChI is InChI=1S/C18H21N3O5S/c1-3-26-16(24)10-9-12(2)19-20-18-21(13-7-5-4-6-8-13)17(25)14(27-18)11-15(22)23/h4-8,14H,3,9-11H2,1-2H3,(H,22,23)/p-1/b19-12+,20-18-/t14-/m1/s1. The Morgan fingerprint density at radius 1 is 1.26 bits per heavy atom. The van der Waals surface area contributed by atoms with Crippen LogP contribution >= 0.6 is 11.8 Å². The Labute approximate surface area is 161 Å². The van der Waals surface area contributed by atoms with Crippen LogP contribution in [0.2, 0.25) is 0 Å². The Bertz CT molecular complexity index is 764. The minimum absolute atomic E-state index is 0.190. The summed E-state index contributed by atoms with van der Waals surface area (Å²) in [5.74, 6) is -2.00. The maximum atomic E-state index is 12.6. The topological polar surface area (TPSA) is 111 Å². The third-order valence-electron chi connectivity index (χ3n) is 3.60. The quantitative estimate of drug-likeness (QED) is 0.376. The summed E-state index contributed by atoms with van der Waals surface area (Å²) in [6, 6.07) is 8.80. The summed E-state index contributed by atoms with van der Waals surface area (Å²) in [4.78, 5) is 36.3. The van der Waals surface area contributed by atoms with E-state index in [1.807, 2.05) is 6.07 Å². The van der Waals surface area contributed by atoms with Gasteiger partial charge in [0.15, 0.2) is 5.17 Å². The first-order valence-corrected chi connectivity index (χ1v) is 9.32. The molecule has 0 bridgehead atoms. The van der Waals surface area contributed by atoms with Crippen molar-refractivity contribution < 1.29 is 24.2 Å². The Kier molecular flexibility index (Phi) is 7.54. The van der Waals surface area contributed by atoms with Gasteiger partial charge in [0.1, 0.15) is 0 Å². The van der Waals surface area contributed by atoms with Gasteiger partial charge in [-0.05, 0) is 32.4 Å². The number of carboxylic acids is 1. The van der Waals surface area contributed by atoms with Crippen molar-refractivity contribution in [3.63, 3.8) is 0 Å². The fraction of sp³-hybridized carbons (Fsp3) is 0.389. The average Bonchev–Trinajstić information content (AvgIpc) is 2.94. The van der Waals surface area contributed by atoms with E-state index in [4.69, 9.17) is 4.74 Å². The highest BCUT2D eigenvalue weighted by molar-refractivity contribution is 8.16. The molecular weight excluding hydrogens is 370 g/mol. The number of carbonyl (C=O) groups is 3. The van der Waals surface area contributed by atoms with E-state index in [9.17, 15) is 19.5 Å². The van der Waals surface area contributed by atoms with Gasteiger partial charge >= 0.3 is 5.97 Å². The van der Waals surface area contributed by atoms with E-state index in [-0.39, 0.29) is 23.5 Å². The average molecular weight is 390 g/mol. The van der Waals surface area contributed by atoms with Gasteiger partial charge in [-0.3, -0.25) is 14.5 Å². The van der Waals surface area contributed by atoms with Crippen LogP contribution in [-0.2, 0) is 19.1 Å². The van der Waals surface area contributed by atoms with Gasteiger partial charge in [-0.15, -0.1) is 5.10 Å². The molecule has 9 heteroatoms. The molecule has 0 radical (unpaired) electrons. The first-order chi connectivity index (χ1) is 12.9. The smallest absolute Gasteiger partial charge is 0.306 e. The molecule has 1 fully saturated rings. The molecule has 8 nitrogen and oxygen atoms in total. The van der Waals surface area contributed by atoms with Crippen LogP contribution in [0, 0.1) is 0 Å². The summed E-state index contributed by atoms with van der Waals surface area (Å²) in [6.45, 7) is 3.78. The second kappa shape index (κ2) is 9.86. The highest BCUT2D eigenvalue weighted by Gasteiger charge is 2.39. The van der Waals surface area contributed by atoms with Crippen molar-refractivity contribution in [1.29, 1.82) is 0 Å². The first kappa shape index (κ1) is 20.6. The number of anilines is 1. The van der Waals surface area contributed by atoms with Crippen molar-refractivity contribution in [2.24, 2.45) is 10.2 Å². The third-order valence-corrected chi connectivity index (χ3v) is 4.73. The molecule has 1 atom stereocenters. The van der Waals surface area contributed by atoms with E-state index in [1.54, 1.807) is 38.1 Å². The number of carboxylic acid groups (broad SMARTS) is 1. The summed E-state index contributed by atoms with van der Waals surface area (Å²) in [6.07, 6.45) is 0.162. The van der Waals surface area contributed by atoms with E-state index in [2.05, 4.69) is 10.2 Å². The Morgan fingerprint density at radius 2 is 1.96 bits per heavy atom. The number of nitrogens with zero attached hydrogens (tertiary/aromatic N) is 3. The van der Waals surface area contributed by atoms with Crippen LogP contribution in [0.15, 0.2) is 40.5 Å². The molecule has 1 aromatic carbocycles. The molecule has 1 saturated heterocycles. The Hall–Kier alpha value is -2.68. The largest absolute Gasteiger partial charge is 0.550 e. The number of hydrogen-bond acceptors (Lipinski definition) is 8. The van der Waals surface area contributed by atoms with Crippen LogP contribution in [0.1, 0.15) is 33.1 Å². The lowest BCUT2D eigenvalue weighted by molar-refractivity contribution is -0.305. The summed E-state index contributed by atoms with van der Waals surface area (Å²) in [7, 11) is 0. The van der Waals surface area contributed by atoms with Crippen LogP contribution < -0.4 is 10.0 Å². The summed E-state index contributed by atoms with van der Waals surface area (Å²) >= 11 is 1.03. The third kappa shape index (κ3) is 5.92. The van der Waals surface area contributed by atoms with Crippen molar-refractivity contribution in [3.05, 3.63) is 30.3 Å². The minimum Gasteiger partial charge on any atom is -0.550 e. The van der Waals surface area contributed by atoms with Crippen molar-refractivity contribution in [2.75, 3.05) is 11.5 Å². The predicted molar refractivity (Wildman–Crippen MR) is 101 cm³/mol. The van der Waals surface area contributed by atoms with E-state index in [1.165, 1.54) is 4.90 Å². The van der Waals surface area contributed by atoms with Crippen molar-refractivity contribution in [2.45, 2.75) is 38.4 Å². The van der Waals surface area contributed by atoms with Crippen LogP contribution in [0.25, 0.3) is 0 Å².